The summed E-state index contributed by atoms with van der Waals surface area (Å²) in [5.74, 6) is 0.0269. The lowest BCUT2D eigenvalue weighted by molar-refractivity contribution is -0.111. The molecule has 0 unspecified atom stereocenters. The van der Waals surface area contributed by atoms with E-state index in [1.165, 1.54) is 0 Å². The summed E-state index contributed by atoms with van der Waals surface area (Å²) < 4.78 is 0. The second-order valence-corrected chi connectivity index (χ2v) is 6.61. The molecule has 27 heavy (non-hydrogen) atoms. The number of allylic oxidation sites excluding steroid dienone is 10. The molecule has 0 amide bonds. The van der Waals surface area contributed by atoms with Crippen molar-refractivity contribution in [2.45, 2.75) is 6.92 Å². The average molecular weight is 350 g/mol. The van der Waals surface area contributed by atoms with Gasteiger partial charge in [-0.1, -0.05) is 66.7 Å². The predicted molar refractivity (Wildman–Crippen MR) is 109 cm³/mol. The summed E-state index contributed by atoms with van der Waals surface area (Å²) in [7, 11) is 0. The molecule has 0 spiro atoms. The van der Waals surface area contributed by atoms with Gasteiger partial charge in [0.05, 0.1) is 0 Å². The van der Waals surface area contributed by atoms with Crippen LogP contribution < -0.4 is 0 Å². The zero-order chi connectivity index (χ0) is 18.8. The summed E-state index contributed by atoms with van der Waals surface area (Å²) in [5.41, 5.74) is 5.65. The van der Waals surface area contributed by atoms with Crippen molar-refractivity contribution in [1.29, 1.82) is 0 Å². The van der Waals surface area contributed by atoms with E-state index in [9.17, 15) is 9.59 Å². The highest BCUT2D eigenvalue weighted by Gasteiger charge is 2.23. The van der Waals surface area contributed by atoms with Crippen LogP contribution in [-0.4, -0.2) is 11.6 Å². The number of hydrogen-bond acceptors (Lipinski definition) is 2. The number of ketones is 2. The van der Waals surface area contributed by atoms with Gasteiger partial charge in [0.2, 0.25) is 0 Å². The minimum atomic E-state index is 0.00770. The third-order valence-corrected chi connectivity index (χ3v) is 4.77. The standard InChI is InChI=1S/C25H18O2/c1-17-14-20(12-13-24(17)26)21-15-22(18-8-4-2-5-9-18)25(27)23(16-21)19-10-6-3-7-11-19/h2-16H,1H3. The first-order chi connectivity index (χ1) is 13.1. The van der Waals surface area contributed by atoms with E-state index in [2.05, 4.69) is 0 Å². The number of benzene rings is 2. The van der Waals surface area contributed by atoms with Gasteiger partial charge >= 0.3 is 0 Å². The van der Waals surface area contributed by atoms with E-state index in [4.69, 9.17) is 0 Å². The Labute approximate surface area is 158 Å². The second-order valence-electron chi connectivity index (χ2n) is 6.61. The fourth-order valence-electron chi connectivity index (χ4n) is 3.29. The van der Waals surface area contributed by atoms with Crippen LogP contribution >= 0.6 is 0 Å². The van der Waals surface area contributed by atoms with Crippen molar-refractivity contribution in [2.75, 3.05) is 0 Å². The van der Waals surface area contributed by atoms with Crippen molar-refractivity contribution in [3.8, 4) is 0 Å². The topological polar surface area (TPSA) is 34.1 Å². The highest BCUT2D eigenvalue weighted by atomic mass is 16.1. The van der Waals surface area contributed by atoms with Crippen LogP contribution in [0, 0.1) is 0 Å². The third kappa shape index (κ3) is 3.30. The summed E-state index contributed by atoms with van der Waals surface area (Å²) in [6, 6.07) is 19.4. The highest BCUT2D eigenvalue weighted by molar-refractivity contribution is 6.44. The molecule has 2 nitrogen and oxygen atoms in total. The second kappa shape index (κ2) is 7.00. The molecule has 0 saturated heterocycles. The molecule has 0 aromatic heterocycles. The van der Waals surface area contributed by atoms with Gasteiger partial charge in [-0.2, -0.15) is 0 Å². The van der Waals surface area contributed by atoms with Crippen molar-refractivity contribution >= 4 is 22.7 Å². The van der Waals surface area contributed by atoms with Crippen LogP contribution in [0.4, 0.5) is 0 Å². The van der Waals surface area contributed by atoms with Crippen molar-refractivity contribution in [3.63, 3.8) is 0 Å². The Morgan fingerprint density at radius 1 is 0.593 bits per heavy atom. The van der Waals surface area contributed by atoms with E-state index < -0.39 is 0 Å². The molecule has 130 valence electrons. The number of Topliss-reactive ketones (excluding diaryl/α,β-unsaturated/α-hetero) is 1. The maximum atomic E-state index is 13.2. The zero-order valence-corrected chi connectivity index (χ0v) is 15.0. The van der Waals surface area contributed by atoms with Gasteiger partial charge in [0.15, 0.2) is 11.6 Å². The fraction of sp³-hybridized carbons (Fsp3) is 0.0400. The van der Waals surface area contributed by atoms with Crippen LogP contribution in [0.5, 0.6) is 0 Å². The Hall–Kier alpha value is -3.52. The number of rotatable bonds is 2. The molecule has 0 N–H and O–H groups in total. The molecule has 0 heterocycles. The molecular formula is C25H18O2. The fourth-order valence-corrected chi connectivity index (χ4v) is 3.29. The Kier molecular flexibility index (Phi) is 4.39. The summed E-state index contributed by atoms with van der Waals surface area (Å²) in [5, 5.41) is 0. The molecule has 4 rings (SSSR count). The molecular weight excluding hydrogens is 332 g/mol. The van der Waals surface area contributed by atoms with Gasteiger partial charge < -0.3 is 0 Å². The molecule has 0 atom stereocenters. The molecule has 2 aromatic carbocycles. The van der Waals surface area contributed by atoms with Gasteiger partial charge in [-0.15, -0.1) is 0 Å². The normalized spacial score (nSPS) is 16.9. The lowest BCUT2D eigenvalue weighted by Crippen LogP contribution is -2.11. The molecule has 0 fully saturated rings. The zero-order valence-electron chi connectivity index (χ0n) is 15.0. The first-order valence-corrected chi connectivity index (χ1v) is 8.87. The predicted octanol–water partition coefficient (Wildman–Crippen LogP) is 5.12. The SMILES string of the molecule is CC1=CC(=C2C=C(c3ccccc3)C(=O)C(c3ccccc3)=C2)C=CC1=O. The monoisotopic (exact) mass is 350 g/mol. The molecule has 0 aliphatic heterocycles. The van der Waals surface area contributed by atoms with Crippen LogP contribution in [-0.2, 0) is 9.59 Å². The number of carbonyl (C=O) groups is 2. The van der Waals surface area contributed by atoms with Gasteiger partial charge in [0.25, 0.3) is 0 Å². The van der Waals surface area contributed by atoms with Crippen molar-refractivity contribution in [1.82, 2.24) is 0 Å². The van der Waals surface area contributed by atoms with Gasteiger partial charge in [-0.05, 0) is 59.1 Å². The molecule has 2 aliphatic rings. The number of hydrogen-bond donors (Lipinski definition) is 0. The molecule has 2 aliphatic carbocycles. The smallest absolute Gasteiger partial charge is 0.194 e. The van der Waals surface area contributed by atoms with E-state index >= 15 is 0 Å². The summed E-state index contributed by atoms with van der Waals surface area (Å²) in [4.78, 5) is 25.0. The Morgan fingerprint density at radius 3 is 1.59 bits per heavy atom. The van der Waals surface area contributed by atoms with Crippen molar-refractivity contribution < 1.29 is 9.59 Å². The lowest BCUT2D eigenvalue weighted by atomic mass is 9.84. The molecule has 2 heteroatoms. The van der Waals surface area contributed by atoms with Crippen molar-refractivity contribution in [2.24, 2.45) is 0 Å². The van der Waals surface area contributed by atoms with E-state index in [-0.39, 0.29) is 11.6 Å². The van der Waals surface area contributed by atoms with Gasteiger partial charge in [0, 0.05) is 11.1 Å². The van der Waals surface area contributed by atoms with E-state index in [1.54, 1.807) is 6.08 Å². The van der Waals surface area contributed by atoms with Crippen LogP contribution in [0.15, 0.2) is 108 Å². The van der Waals surface area contributed by atoms with E-state index in [0.29, 0.717) is 16.7 Å². The lowest BCUT2D eigenvalue weighted by Gasteiger charge is -2.18. The molecule has 0 bridgehead atoms. The van der Waals surface area contributed by atoms with Crippen molar-refractivity contribution in [3.05, 3.63) is 119 Å². The molecule has 0 radical (unpaired) electrons. The van der Waals surface area contributed by atoms with Gasteiger partial charge in [0.1, 0.15) is 0 Å². The Bertz CT molecular complexity index is 1010. The van der Waals surface area contributed by atoms with E-state index in [0.717, 1.165) is 22.3 Å². The first-order valence-electron chi connectivity index (χ1n) is 8.87. The third-order valence-electron chi connectivity index (χ3n) is 4.77. The Morgan fingerprint density at radius 2 is 1.11 bits per heavy atom. The highest BCUT2D eigenvalue weighted by Crippen LogP contribution is 2.34. The average Bonchev–Trinajstić information content (AvgIpc) is 2.71. The maximum Gasteiger partial charge on any atom is 0.194 e. The molecule has 2 aromatic rings. The van der Waals surface area contributed by atoms with Crippen LogP contribution in [0.3, 0.4) is 0 Å². The quantitative estimate of drug-likeness (QED) is 0.753. The van der Waals surface area contributed by atoms with Crippen LogP contribution in [0.2, 0.25) is 0 Å². The summed E-state index contributed by atoms with van der Waals surface area (Å²) in [6.45, 7) is 1.81. The maximum absolute atomic E-state index is 13.2. The van der Waals surface area contributed by atoms with Gasteiger partial charge in [-0.3, -0.25) is 9.59 Å². The first kappa shape index (κ1) is 16.9. The summed E-state index contributed by atoms with van der Waals surface area (Å²) in [6.07, 6.45) is 9.12. The largest absolute Gasteiger partial charge is 0.290 e. The minimum Gasteiger partial charge on any atom is -0.290 e. The van der Waals surface area contributed by atoms with Gasteiger partial charge in [-0.25, -0.2) is 0 Å². The van der Waals surface area contributed by atoms with Crippen LogP contribution in [0.25, 0.3) is 11.1 Å². The van der Waals surface area contributed by atoms with E-state index in [1.807, 2.05) is 91.9 Å². The molecule has 0 saturated carbocycles. The minimum absolute atomic E-state index is 0.00770. The number of carbonyl (C=O) groups excluding carboxylic acids is 2. The Balaban J connectivity index is 1.92. The summed E-state index contributed by atoms with van der Waals surface area (Å²) >= 11 is 0. The van der Waals surface area contributed by atoms with Crippen LogP contribution in [0.1, 0.15) is 18.1 Å².